The van der Waals surface area contributed by atoms with Gasteiger partial charge in [-0.05, 0) is 24.4 Å². The Morgan fingerprint density at radius 2 is 2.12 bits per heavy atom. The minimum atomic E-state index is 0.742. The average molecular weight is 245 g/mol. The number of fused-ring (bicyclic) bond motifs is 1. The summed E-state index contributed by atoms with van der Waals surface area (Å²) in [6, 6.07) is 8.09. The van der Waals surface area contributed by atoms with Crippen molar-refractivity contribution in [3.8, 4) is 0 Å². The largest absolute Gasteiger partial charge is 0.331 e. The van der Waals surface area contributed by atoms with Crippen LogP contribution in [0.4, 0.5) is 0 Å². The van der Waals surface area contributed by atoms with Crippen molar-refractivity contribution >= 4 is 23.3 Å². The Kier molecular flexibility index (Phi) is 2.49. The van der Waals surface area contributed by atoms with Crippen LogP contribution in [0.3, 0.4) is 0 Å². The van der Waals surface area contributed by atoms with Gasteiger partial charge in [0.25, 0.3) is 0 Å². The molecule has 0 aliphatic carbocycles. The van der Waals surface area contributed by atoms with Gasteiger partial charge in [-0.15, -0.1) is 0 Å². The highest BCUT2D eigenvalue weighted by Crippen LogP contribution is 2.13. The number of benzene rings is 1. The van der Waals surface area contributed by atoms with Crippen molar-refractivity contribution in [2.24, 2.45) is 0 Å². The first-order valence-electron chi connectivity index (χ1n) is 5.34. The first-order chi connectivity index (χ1) is 8.34. The molecule has 0 radical (unpaired) electrons. The number of H-pyrrole nitrogens is 1. The number of aromatic nitrogens is 5. The van der Waals surface area contributed by atoms with E-state index in [4.69, 9.17) is 12.2 Å². The van der Waals surface area contributed by atoms with E-state index >= 15 is 0 Å². The number of imidazole rings is 1. The fraction of sp³-hybridized carbons (Fsp3) is 0.182. The fourth-order valence-corrected chi connectivity index (χ4v) is 2.18. The Balaban J connectivity index is 1.94. The van der Waals surface area contributed by atoms with Crippen LogP contribution in [0.5, 0.6) is 0 Å². The zero-order valence-electron chi connectivity index (χ0n) is 9.08. The van der Waals surface area contributed by atoms with Crippen molar-refractivity contribution in [1.29, 1.82) is 0 Å². The van der Waals surface area contributed by atoms with E-state index in [0.29, 0.717) is 0 Å². The summed E-state index contributed by atoms with van der Waals surface area (Å²) in [4.78, 5) is 7.11. The SMILES string of the molecule is S=c1[nH]c2ccccc2n1CCn1cncn1. The molecule has 5 nitrogen and oxygen atoms in total. The number of para-hydroxylation sites is 2. The Bertz CT molecular complexity index is 679. The van der Waals surface area contributed by atoms with E-state index in [-0.39, 0.29) is 0 Å². The number of aryl methyl sites for hydroxylation is 2. The van der Waals surface area contributed by atoms with Crippen LogP contribution in [-0.4, -0.2) is 24.3 Å². The summed E-state index contributed by atoms with van der Waals surface area (Å²) >= 11 is 5.31. The molecule has 1 aromatic carbocycles. The summed E-state index contributed by atoms with van der Waals surface area (Å²) in [6.45, 7) is 1.54. The lowest BCUT2D eigenvalue weighted by Crippen LogP contribution is -2.07. The highest BCUT2D eigenvalue weighted by Gasteiger charge is 2.03. The van der Waals surface area contributed by atoms with Gasteiger partial charge in [-0.1, -0.05) is 12.1 Å². The third-order valence-corrected chi connectivity index (χ3v) is 3.02. The number of rotatable bonds is 3. The van der Waals surface area contributed by atoms with Crippen LogP contribution in [0, 0.1) is 4.77 Å². The third-order valence-electron chi connectivity index (χ3n) is 2.70. The number of hydrogen-bond acceptors (Lipinski definition) is 3. The predicted octanol–water partition coefficient (Wildman–Crippen LogP) is 1.99. The minimum absolute atomic E-state index is 0.742. The van der Waals surface area contributed by atoms with Gasteiger partial charge in [-0.2, -0.15) is 5.10 Å². The molecule has 3 rings (SSSR count). The van der Waals surface area contributed by atoms with Crippen molar-refractivity contribution in [2.45, 2.75) is 13.1 Å². The Morgan fingerprint density at radius 1 is 1.24 bits per heavy atom. The molecule has 0 bridgehead atoms. The summed E-state index contributed by atoms with van der Waals surface area (Å²) in [5.41, 5.74) is 2.19. The van der Waals surface area contributed by atoms with Gasteiger partial charge in [0.05, 0.1) is 17.6 Å². The monoisotopic (exact) mass is 245 g/mol. The molecule has 0 amide bonds. The molecule has 0 unspecified atom stereocenters. The zero-order valence-corrected chi connectivity index (χ0v) is 9.89. The molecule has 0 spiro atoms. The number of nitrogens with one attached hydrogen (secondary N) is 1. The minimum Gasteiger partial charge on any atom is -0.331 e. The second kappa shape index (κ2) is 4.14. The van der Waals surface area contributed by atoms with E-state index in [2.05, 4.69) is 25.7 Å². The van der Waals surface area contributed by atoms with Gasteiger partial charge in [0.15, 0.2) is 4.77 Å². The maximum Gasteiger partial charge on any atom is 0.178 e. The van der Waals surface area contributed by atoms with E-state index in [0.717, 1.165) is 28.9 Å². The molecule has 3 aromatic rings. The average Bonchev–Trinajstić information content (AvgIpc) is 2.93. The van der Waals surface area contributed by atoms with Gasteiger partial charge in [0, 0.05) is 6.54 Å². The van der Waals surface area contributed by atoms with Crippen LogP contribution in [0.25, 0.3) is 11.0 Å². The molecule has 1 N–H and O–H groups in total. The van der Waals surface area contributed by atoms with Crippen LogP contribution >= 0.6 is 12.2 Å². The maximum absolute atomic E-state index is 5.31. The van der Waals surface area contributed by atoms with Gasteiger partial charge >= 0.3 is 0 Å². The van der Waals surface area contributed by atoms with Crippen molar-refractivity contribution in [3.63, 3.8) is 0 Å². The highest BCUT2D eigenvalue weighted by molar-refractivity contribution is 7.71. The van der Waals surface area contributed by atoms with Gasteiger partial charge in [0.2, 0.25) is 0 Å². The lowest BCUT2D eigenvalue weighted by Gasteiger charge is -2.03. The Hall–Kier alpha value is -1.95. The first kappa shape index (κ1) is 10.2. The summed E-state index contributed by atoms with van der Waals surface area (Å²) in [6.07, 6.45) is 3.24. The van der Waals surface area contributed by atoms with Crippen molar-refractivity contribution < 1.29 is 0 Å². The molecule has 2 heterocycles. The topological polar surface area (TPSA) is 51.4 Å². The molecule has 0 saturated carbocycles. The van der Waals surface area contributed by atoms with Crippen LogP contribution < -0.4 is 0 Å². The molecule has 0 aliphatic heterocycles. The standard InChI is InChI=1S/C11H11N5S/c17-11-14-9-3-1-2-4-10(9)16(11)6-5-15-8-12-7-13-15/h1-4,7-8H,5-6H2,(H,14,17). The van der Waals surface area contributed by atoms with Crippen LogP contribution in [-0.2, 0) is 13.1 Å². The van der Waals surface area contributed by atoms with E-state index in [1.54, 1.807) is 11.0 Å². The molecule has 0 fully saturated rings. The first-order valence-corrected chi connectivity index (χ1v) is 5.75. The van der Waals surface area contributed by atoms with Gasteiger partial charge < -0.3 is 9.55 Å². The van der Waals surface area contributed by atoms with Gasteiger partial charge in [-0.3, -0.25) is 4.68 Å². The number of hydrogen-bond donors (Lipinski definition) is 1. The number of aromatic amines is 1. The lowest BCUT2D eigenvalue weighted by atomic mass is 10.3. The highest BCUT2D eigenvalue weighted by atomic mass is 32.1. The van der Waals surface area contributed by atoms with Crippen molar-refractivity contribution in [2.75, 3.05) is 0 Å². The summed E-state index contributed by atoms with van der Waals surface area (Å²) in [7, 11) is 0. The second-order valence-corrected chi connectivity index (χ2v) is 4.14. The van der Waals surface area contributed by atoms with E-state index < -0.39 is 0 Å². The van der Waals surface area contributed by atoms with Gasteiger partial charge in [-0.25, -0.2) is 4.98 Å². The van der Waals surface area contributed by atoms with Crippen molar-refractivity contribution in [3.05, 3.63) is 41.7 Å². The van der Waals surface area contributed by atoms with E-state index in [1.807, 2.05) is 18.2 Å². The van der Waals surface area contributed by atoms with Crippen LogP contribution in [0.2, 0.25) is 0 Å². The molecule has 0 atom stereocenters. The lowest BCUT2D eigenvalue weighted by molar-refractivity contribution is 0.536. The summed E-state index contributed by atoms with van der Waals surface area (Å²) < 4.78 is 4.61. The number of nitrogens with zero attached hydrogens (tertiary/aromatic N) is 4. The van der Waals surface area contributed by atoms with Crippen LogP contribution in [0.1, 0.15) is 0 Å². The Morgan fingerprint density at radius 3 is 2.94 bits per heavy atom. The second-order valence-electron chi connectivity index (χ2n) is 3.76. The van der Waals surface area contributed by atoms with Crippen LogP contribution in [0.15, 0.2) is 36.9 Å². The summed E-state index contributed by atoms with van der Waals surface area (Å²) in [5.74, 6) is 0. The van der Waals surface area contributed by atoms with E-state index in [1.165, 1.54) is 6.33 Å². The Labute approximate surface area is 103 Å². The molecule has 0 aliphatic rings. The molecule has 86 valence electrons. The smallest absolute Gasteiger partial charge is 0.178 e. The zero-order chi connectivity index (χ0) is 11.7. The molecule has 6 heteroatoms. The molecule has 2 aromatic heterocycles. The normalized spacial score (nSPS) is 11.1. The molecule has 17 heavy (non-hydrogen) atoms. The van der Waals surface area contributed by atoms with Gasteiger partial charge in [0.1, 0.15) is 12.7 Å². The summed E-state index contributed by atoms with van der Waals surface area (Å²) in [5, 5.41) is 4.07. The maximum atomic E-state index is 5.31. The van der Waals surface area contributed by atoms with E-state index in [9.17, 15) is 0 Å². The molecular weight excluding hydrogens is 234 g/mol. The quantitative estimate of drug-likeness (QED) is 0.718. The molecule has 0 saturated heterocycles. The fourth-order valence-electron chi connectivity index (χ4n) is 1.88. The third kappa shape index (κ3) is 1.87. The molecular formula is C11H11N5S. The predicted molar refractivity (Wildman–Crippen MR) is 67.1 cm³/mol. The van der Waals surface area contributed by atoms with Crippen molar-refractivity contribution in [1.82, 2.24) is 24.3 Å².